The summed E-state index contributed by atoms with van der Waals surface area (Å²) in [5.41, 5.74) is 9.30. The summed E-state index contributed by atoms with van der Waals surface area (Å²) in [6, 6.07) is 0. The van der Waals surface area contributed by atoms with E-state index in [-0.39, 0.29) is 11.8 Å². The molecular formula is C16H28N4O4+2. The Morgan fingerprint density at radius 1 is 1.00 bits per heavy atom. The second-order valence-corrected chi connectivity index (χ2v) is 7.78. The summed E-state index contributed by atoms with van der Waals surface area (Å²) in [5.74, 6) is -1.09. The molecule has 2 aliphatic heterocycles. The van der Waals surface area contributed by atoms with E-state index >= 15 is 0 Å². The summed E-state index contributed by atoms with van der Waals surface area (Å²) in [5, 5.41) is 0. The number of nitrogens with two attached hydrogens (primary N) is 2. The van der Waals surface area contributed by atoms with Gasteiger partial charge >= 0.3 is 29.3 Å². The van der Waals surface area contributed by atoms with Crippen molar-refractivity contribution in [3.63, 3.8) is 0 Å². The zero-order valence-corrected chi connectivity index (χ0v) is 15.3. The molecule has 0 bridgehead atoms. The summed E-state index contributed by atoms with van der Waals surface area (Å²) < 4.78 is 14.9. The number of hydrogen-bond donors (Lipinski definition) is 2. The molecule has 0 spiro atoms. The van der Waals surface area contributed by atoms with Crippen LogP contribution in [0.1, 0.15) is 48.0 Å². The molecule has 4 N–H and O–H groups in total. The van der Waals surface area contributed by atoms with Gasteiger partial charge in [0.15, 0.2) is 13.2 Å². The third-order valence-electron chi connectivity index (χ3n) is 4.80. The van der Waals surface area contributed by atoms with Crippen LogP contribution >= 0.6 is 0 Å². The summed E-state index contributed by atoms with van der Waals surface area (Å²) in [6.07, 6.45) is 0.583. The van der Waals surface area contributed by atoms with E-state index in [1.807, 2.05) is 50.7 Å². The Bertz CT molecular complexity index is 609. The highest BCUT2D eigenvalue weighted by molar-refractivity contribution is 6.33. The van der Waals surface area contributed by atoms with Gasteiger partial charge in [0, 0.05) is 27.7 Å². The molecule has 0 fully saturated rings. The maximum atomic E-state index is 11.9. The van der Waals surface area contributed by atoms with Crippen LogP contribution in [0.4, 0.5) is 0 Å². The van der Waals surface area contributed by atoms with Crippen LogP contribution in [-0.2, 0) is 19.1 Å². The van der Waals surface area contributed by atoms with Crippen molar-refractivity contribution in [2.24, 2.45) is 11.5 Å². The summed E-state index contributed by atoms with van der Waals surface area (Å²) >= 11 is 0. The quantitative estimate of drug-likeness (QED) is 0.659. The summed E-state index contributed by atoms with van der Waals surface area (Å²) in [7, 11) is 0. The molecule has 134 valence electrons. The highest BCUT2D eigenvalue weighted by Crippen LogP contribution is 2.35. The van der Waals surface area contributed by atoms with Gasteiger partial charge in [-0.1, -0.05) is 6.92 Å². The van der Waals surface area contributed by atoms with Gasteiger partial charge in [0.05, 0.1) is 13.3 Å². The monoisotopic (exact) mass is 340 g/mol. The van der Waals surface area contributed by atoms with Gasteiger partial charge in [-0.2, -0.15) is 0 Å². The van der Waals surface area contributed by atoms with Gasteiger partial charge in [-0.25, -0.2) is 0 Å². The van der Waals surface area contributed by atoms with Crippen molar-refractivity contribution in [2.75, 3.05) is 13.2 Å². The van der Waals surface area contributed by atoms with E-state index in [2.05, 4.69) is 0 Å². The molecule has 8 nitrogen and oxygen atoms in total. The van der Waals surface area contributed by atoms with Gasteiger partial charge in [-0.3, -0.25) is 9.59 Å². The highest BCUT2D eigenvalue weighted by atomic mass is 16.5. The summed E-state index contributed by atoms with van der Waals surface area (Å²) in [6.45, 7) is 12.4. The Morgan fingerprint density at radius 3 is 1.58 bits per heavy atom. The van der Waals surface area contributed by atoms with Crippen LogP contribution in [0.15, 0.2) is 0 Å². The fourth-order valence-electron chi connectivity index (χ4n) is 3.82. The number of carbonyl (C=O) groups excluding carboxylic acids is 2. The summed E-state index contributed by atoms with van der Waals surface area (Å²) in [4.78, 5) is 23.8. The number of rotatable bonds is 5. The van der Waals surface area contributed by atoms with Gasteiger partial charge < -0.3 is 20.9 Å². The first-order valence-electron chi connectivity index (χ1n) is 8.08. The van der Waals surface area contributed by atoms with E-state index in [1.54, 1.807) is 0 Å². The van der Waals surface area contributed by atoms with Crippen LogP contribution in [0.2, 0.25) is 0 Å². The molecule has 0 unspecified atom stereocenters. The van der Waals surface area contributed by atoms with Crippen LogP contribution in [0.25, 0.3) is 0 Å². The van der Waals surface area contributed by atoms with Crippen molar-refractivity contribution < 1.29 is 28.2 Å². The first kappa shape index (κ1) is 18.2. The predicted molar refractivity (Wildman–Crippen MR) is 87.7 cm³/mol. The van der Waals surface area contributed by atoms with Crippen molar-refractivity contribution in [3.8, 4) is 0 Å². The molecule has 0 aromatic rings. The Hall–Kier alpha value is -2.12. The van der Waals surface area contributed by atoms with Crippen LogP contribution in [0, 0.1) is 0 Å². The van der Waals surface area contributed by atoms with Crippen molar-refractivity contribution in [3.05, 3.63) is 0 Å². The Kier molecular flexibility index (Phi) is 4.14. The second-order valence-electron chi connectivity index (χ2n) is 7.78. The first-order valence-corrected chi connectivity index (χ1v) is 8.08. The lowest BCUT2D eigenvalue weighted by Gasteiger charge is -2.31. The first-order chi connectivity index (χ1) is 10.9. The van der Waals surface area contributed by atoms with E-state index in [0.29, 0.717) is 19.6 Å². The minimum atomic E-state index is -0.783. The van der Waals surface area contributed by atoms with Crippen molar-refractivity contribution >= 4 is 23.6 Å². The molecule has 0 atom stereocenters. The molecule has 0 saturated carbocycles. The van der Waals surface area contributed by atoms with Gasteiger partial charge in [0.1, 0.15) is 0 Å². The fraction of sp³-hybridized carbons (Fsp3) is 0.750. The molecule has 0 radical (unpaired) electrons. The van der Waals surface area contributed by atoms with Crippen LogP contribution in [0.3, 0.4) is 0 Å². The lowest BCUT2D eigenvalue weighted by atomic mass is 9.94. The number of carbonyl (C=O) groups is 2. The number of ether oxygens (including phenoxy) is 2. The zero-order valence-electron chi connectivity index (χ0n) is 15.3. The minimum Gasteiger partial charge on any atom is -0.433 e. The molecule has 2 amide bonds. The Balaban J connectivity index is 2.80. The van der Waals surface area contributed by atoms with E-state index in [9.17, 15) is 9.59 Å². The number of nitrogens with zero attached hydrogens (tertiary/aromatic N) is 2. The zero-order chi connectivity index (χ0) is 18.5. The number of hydrogen-bond acceptors (Lipinski definition) is 4. The maximum absolute atomic E-state index is 11.9. The number of amides is 2. The van der Waals surface area contributed by atoms with Gasteiger partial charge in [0.25, 0.3) is 0 Å². The average molecular weight is 340 g/mol. The highest BCUT2D eigenvalue weighted by Gasteiger charge is 2.65. The third kappa shape index (κ3) is 2.53. The predicted octanol–water partition coefficient (Wildman–Crippen LogP) is -0.477. The normalized spacial score (nSPS) is 22.4. The molecule has 0 aromatic carbocycles. The molecule has 2 heterocycles. The lowest BCUT2D eigenvalue weighted by Crippen LogP contribution is -2.63. The number of primary amides is 2. The van der Waals surface area contributed by atoms with Gasteiger partial charge in [-0.05, 0) is 0 Å². The Morgan fingerprint density at radius 2 is 1.33 bits per heavy atom. The van der Waals surface area contributed by atoms with E-state index in [1.165, 1.54) is 0 Å². The van der Waals surface area contributed by atoms with Crippen molar-refractivity contribution in [2.45, 2.75) is 64.7 Å². The molecular weight excluding hydrogens is 312 g/mol. The second kappa shape index (κ2) is 5.46. The fourth-order valence-corrected chi connectivity index (χ4v) is 3.82. The average Bonchev–Trinajstić information content (AvgIpc) is 2.94. The molecule has 2 rings (SSSR count). The van der Waals surface area contributed by atoms with Crippen LogP contribution in [-0.4, -0.2) is 62.7 Å². The van der Waals surface area contributed by atoms with Gasteiger partial charge in [0.2, 0.25) is 11.1 Å². The lowest BCUT2D eigenvalue weighted by molar-refractivity contribution is -0.865. The molecule has 2 aliphatic rings. The molecule has 0 saturated heterocycles. The smallest absolute Gasteiger partial charge is 0.433 e. The maximum Gasteiger partial charge on any atom is 0.436 e. The van der Waals surface area contributed by atoms with Gasteiger partial charge in [-0.15, -0.1) is 9.15 Å². The van der Waals surface area contributed by atoms with E-state index in [4.69, 9.17) is 20.9 Å². The largest absolute Gasteiger partial charge is 0.436 e. The molecule has 24 heavy (non-hydrogen) atoms. The van der Waals surface area contributed by atoms with Crippen LogP contribution in [0.5, 0.6) is 0 Å². The van der Waals surface area contributed by atoms with Crippen molar-refractivity contribution in [1.82, 2.24) is 0 Å². The van der Waals surface area contributed by atoms with Crippen molar-refractivity contribution in [1.29, 1.82) is 0 Å². The SMILES string of the molecule is CCC(C)([N+]1=C(C(N)=O)OCC1(C)C)[N+]1=C(C(N)=O)OCC1(C)C. The molecule has 8 heteroatoms. The third-order valence-corrected chi connectivity index (χ3v) is 4.80. The topological polar surface area (TPSA) is 111 Å². The standard InChI is InChI=1S/C16H26N4O4/c1-7-16(6,19-12(10(17)21)23-8-14(19,2)3)20-13(11(18)22)24-9-15(20,4)5/h7-9H2,1-6H3,(H2-2,17,18,21,22)/p+2. The Labute approximate surface area is 142 Å². The molecule has 0 aliphatic carbocycles. The van der Waals surface area contributed by atoms with E-state index in [0.717, 1.165) is 0 Å². The van der Waals surface area contributed by atoms with E-state index < -0.39 is 28.6 Å². The minimum absolute atomic E-state index is 0.0934. The molecule has 0 aromatic heterocycles. The van der Waals surface area contributed by atoms with Crippen LogP contribution < -0.4 is 11.5 Å².